The Balaban J connectivity index is 1.58. The summed E-state index contributed by atoms with van der Waals surface area (Å²) in [6.07, 6.45) is 0. The largest absolute Gasteiger partial charge is 0.492 e. The van der Waals surface area contributed by atoms with Crippen LogP contribution in [0.4, 0.5) is 5.13 Å². The van der Waals surface area contributed by atoms with Crippen LogP contribution in [0.2, 0.25) is 0 Å². The molecule has 1 aromatic heterocycles. The lowest BCUT2D eigenvalue weighted by atomic mass is 10.3. The lowest BCUT2D eigenvalue weighted by Gasteiger charge is -2.26. The van der Waals surface area contributed by atoms with Crippen LogP contribution < -0.4 is 9.64 Å². The SMILES string of the molecule is CN(C)c1nc2cc(OCCN3CCOCC3)ccc2s1. The van der Waals surface area contributed by atoms with Gasteiger partial charge in [-0.25, -0.2) is 4.98 Å². The zero-order valence-electron chi connectivity index (χ0n) is 12.5. The molecule has 0 spiro atoms. The van der Waals surface area contributed by atoms with Crippen LogP contribution in [0.25, 0.3) is 10.2 Å². The van der Waals surface area contributed by atoms with Crippen molar-refractivity contribution in [2.24, 2.45) is 0 Å². The molecule has 0 aliphatic carbocycles. The molecule has 114 valence electrons. The summed E-state index contributed by atoms with van der Waals surface area (Å²) in [6, 6.07) is 6.14. The number of nitrogens with zero attached hydrogens (tertiary/aromatic N) is 3. The first-order valence-corrected chi connectivity index (χ1v) is 8.05. The maximum atomic E-state index is 5.86. The van der Waals surface area contributed by atoms with Gasteiger partial charge in [0, 0.05) is 39.8 Å². The Morgan fingerprint density at radius 1 is 1.33 bits per heavy atom. The molecule has 0 bridgehead atoms. The molecule has 0 saturated carbocycles. The molecule has 0 N–H and O–H groups in total. The number of fused-ring (bicyclic) bond motifs is 1. The molecule has 0 unspecified atom stereocenters. The number of morpholine rings is 1. The molecule has 5 nitrogen and oxygen atoms in total. The van der Waals surface area contributed by atoms with E-state index in [0.717, 1.165) is 49.2 Å². The van der Waals surface area contributed by atoms with Crippen molar-refractivity contribution < 1.29 is 9.47 Å². The summed E-state index contributed by atoms with van der Waals surface area (Å²) in [5.74, 6) is 0.895. The second-order valence-corrected chi connectivity index (χ2v) is 6.33. The molecule has 6 heteroatoms. The van der Waals surface area contributed by atoms with Gasteiger partial charge in [0.05, 0.1) is 23.4 Å². The Hall–Kier alpha value is -1.37. The van der Waals surface area contributed by atoms with Gasteiger partial charge in [0.2, 0.25) is 0 Å². The maximum Gasteiger partial charge on any atom is 0.185 e. The highest BCUT2D eigenvalue weighted by Gasteiger charge is 2.10. The van der Waals surface area contributed by atoms with Gasteiger partial charge in [0.1, 0.15) is 12.4 Å². The van der Waals surface area contributed by atoms with Crippen LogP contribution in [-0.4, -0.2) is 63.4 Å². The van der Waals surface area contributed by atoms with Crippen molar-refractivity contribution in [1.82, 2.24) is 9.88 Å². The summed E-state index contributed by atoms with van der Waals surface area (Å²) in [4.78, 5) is 9.01. The summed E-state index contributed by atoms with van der Waals surface area (Å²) in [6.45, 7) is 5.31. The third kappa shape index (κ3) is 3.64. The van der Waals surface area contributed by atoms with Gasteiger partial charge >= 0.3 is 0 Å². The van der Waals surface area contributed by atoms with Crippen molar-refractivity contribution in [3.8, 4) is 5.75 Å². The first kappa shape index (κ1) is 14.6. The van der Waals surface area contributed by atoms with Gasteiger partial charge in [-0.1, -0.05) is 11.3 Å². The van der Waals surface area contributed by atoms with Gasteiger partial charge in [-0.05, 0) is 12.1 Å². The molecule has 1 aliphatic rings. The molecular weight excluding hydrogens is 286 g/mol. The molecule has 1 aliphatic heterocycles. The predicted molar refractivity (Wildman–Crippen MR) is 86.7 cm³/mol. The second-order valence-electron chi connectivity index (χ2n) is 5.32. The number of ether oxygens (including phenoxy) is 2. The van der Waals surface area contributed by atoms with Crippen molar-refractivity contribution >= 4 is 26.7 Å². The van der Waals surface area contributed by atoms with Crippen molar-refractivity contribution in [2.75, 3.05) is 58.5 Å². The lowest BCUT2D eigenvalue weighted by molar-refractivity contribution is 0.0322. The molecule has 2 heterocycles. The maximum absolute atomic E-state index is 5.86. The highest BCUT2D eigenvalue weighted by Crippen LogP contribution is 2.30. The van der Waals surface area contributed by atoms with E-state index in [4.69, 9.17) is 9.47 Å². The van der Waals surface area contributed by atoms with Crippen LogP contribution in [-0.2, 0) is 4.74 Å². The van der Waals surface area contributed by atoms with Crippen molar-refractivity contribution in [3.05, 3.63) is 18.2 Å². The highest BCUT2D eigenvalue weighted by molar-refractivity contribution is 7.22. The smallest absolute Gasteiger partial charge is 0.185 e. The third-order valence-electron chi connectivity index (χ3n) is 3.51. The molecule has 0 amide bonds. The summed E-state index contributed by atoms with van der Waals surface area (Å²) in [5, 5.41) is 1.02. The van der Waals surface area contributed by atoms with E-state index in [-0.39, 0.29) is 0 Å². The number of hydrogen-bond acceptors (Lipinski definition) is 6. The summed E-state index contributed by atoms with van der Waals surface area (Å²) >= 11 is 1.70. The Bertz CT molecular complexity index is 594. The zero-order chi connectivity index (χ0) is 14.7. The number of rotatable bonds is 5. The van der Waals surface area contributed by atoms with Gasteiger partial charge in [-0.15, -0.1) is 0 Å². The predicted octanol–water partition coefficient (Wildman–Crippen LogP) is 2.07. The van der Waals surface area contributed by atoms with Crippen molar-refractivity contribution in [2.45, 2.75) is 0 Å². The molecule has 1 fully saturated rings. The average molecular weight is 307 g/mol. The van der Waals surface area contributed by atoms with E-state index in [1.165, 1.54) is 4.70 Å². The molecule has 0 radical (unpaired) electrons. The Labute approximate surface area is 129 Å². The normalized spacial score (nSPS) is 16.3. The summed E-state index contributed by atoms with van der Waals surface area (Å²) < 4.78 is 12.4. The average Bonchev–Trinajstić information content (AvgIpc) is 2.92. The molecule has 1 aromatic carbocycles. The van der Waals surface area contributed by atoms with E-state index < -0.39 is 0 Å². The standard InChI is InChI=1S/C15H21N3O2S/c1-17(2)15-16-13-11-12(3-4-14(13)21-15)20-10-7-18-5-8-19-9-6-18/h3-4,11H,5-10H2,1-2H3. The highest BCUT2D eigenvalue weighted by atomic mass is 32.1. The zero-order valence-corrected chi connectivity index (χ0v) is 13.4. The van der Waals surface area contributed by atoms with Crippen molar-refractivity contribution in [1.29, 1.82) is 0 Å². The Kier molecular flexibility index (Phi) is 4.57. The molecule has 2 aromatic rings. The molecule has 3 rings (SSSR count). The van der Waals surface area contributed by atoms with E-state index in [9.17, 15) is 0 Å². The molecule has 1 saturated heterocycles. The van der Waals surface area contributed by atoms with Crippen LogP contribution in [0.1, 0.15) is 0 Å². The fourth-order valence-corrected chi connectivity index (χ4v) is 3.16. The number of benzene rings is 1. The Morgan fingerprint density at radius 3 is 2.90 bits per heavy atom. The summed E-state index contributed by atoms with van der Waals surface area (Å²) in [7, 11) is 4.02. The molecular formula is C15H21N3O2S. The van der Waals surface area contributed by atoms with E-state index in [1.54, 1.807) is 11.3 Å². The number of anilines is 1. The first-order chi connectivity index (χ1) is 10.2. The quantitative estimate of drug-likeness (QED) is 0.845. The van der Waals surface area contributed by atoms with Gasteiger partial charge in [0.15, 0.2) is 5.13 Å². The number of thiazole rings is 1. The monoisotopic (exact) mass is 307 g/mol. The second kappa shape index (κ2) is 6.60. The van der Waals surface area contributed by atoms with E-state index in [2.05, 4.69) is 16.0 Å². The minimum absolute atomic E-state index is 0.705. The molecule has 0 atom stereocenters. The minimum Gasteiger partial charge on any atom is -0.492 e. The van der Waals surface area contributed by atoms with Gasteiger partial charge in [-0.3, -0.25) is 4.90 Å². The van der Waals surface area contributed by atoms with Gasteiger partial charge in [-0.2, -0.15) is 0 Å². The fraction of sp³-hybridized carbons (Fsp3) is 0.533. The topological polar surface area (TPSA) is 37.8 Å². The number of aromatic nitrogens is 1. The first-order valence-electron chi connectivity index (χ1n) is 7.23. The van der Waals surface area contributed by atoms with Crippen molar-refractivity contribution in [3.63, 3.8) is 0 Å². The van der Waals surface area contributed by atoms with E-state index in [1.807, 2.05) is 31.1 Å². The van der Waals surface area contributed by atoms with Crippen LogP contribution in [0.15, 0.2) is 18.2 Å². The van der Waals surface area contributed by atoms with Crippen LogP contribution in [0.3, 0.4) is 0 Å². The van der Waals surface area contributed by atoms with Crippen LogP contribution in [0, 0.1) is 0 Å². The van der Waals surface area contributed by atoms with E-state index in [0.29, 0.717) is 6.61 Å². The van der Waals surface area contributed by atoms with Gasteiger partial charge < -0.3 is 14.4 Å². The van der Waals surface area contributed by atoms with E-state index >= 15 is 0 Å². The number of hydrogen-bond donors (Lipinski definition) is 0. The Morgan fingerprint density at radius 2 is 2.14 bits per heavy atom. The lowest BCUT2D eigenvalue weighted by Crippen LogP contribution is -2.38. The minimum atomic E-state index is 0.705. The van der Waals surface area contributed by atoms with Crippen LogP contribution in [0.5, 0.6) is 5.75 Å². The summed E-state index contributed by atoms with van der Waals surface area (Å²) in [5.41, 5.74) is 1.01. The third-order valence-corrected chi connectivity index (χ3v) is 4.71. The molecule has 21 heavy (non-hydrogen) atoms. The van der Waals surface area contributed by atoms with Crippen LogP contribution >= 0.6 is 11.3 Å². The van der Waals surface area contributed by atoms with Gasteiger partial charge in [0.25, 0.3) is 0 Å². The fourth-order valence-electron chi connectivity index (χ4n) is 2.29.